The summed E-state index contributed by atoms with van der Waals surface area (Å²) in [6.07, 6.45) is 0.197. The monoisotopic (exact) mass is 559 g/mol. The maximum absolute atomic E-state index is 6.12. The van der Waals surface area contributed by atoms with Crippen molar-refractivity contribution in [3.05, 3.63) is 78.0 Å². The lowest BCUT2D eigenvalue weighted by molar-refractivity contribution is -0.0502. The highest BCUT2D eigenvalue weighted by atomic mass is 127. The Morgan fingerprint density at radius 2 is 1.85 bits per heavy atom. The summed E-state index contributed by atoms with van der Waals surface area (Å²) in [6, 6.07) is 23.0. The molecule has 0 aliphatic carbocycles. The summed E-state index contributed by atoms with van der Waals surface area (Å²) >= 11 is 0. The molecule has 5 rings (SSSR count). The predicted octanol–water partition coefficient (Wildman–Crippen LogP) is 3.62. The lowest BCUT2D eigenvalue weighted by atomic mass is 10.1. The van der Waals surface area contributed by atoms with Gasteiger partial charge in [-0.3, -0.25) is 9.89 Å². The molecular formula is C25H30IN5O2. The van der Waals surface area contributed by atoms with E-state index in [2.05, 4.69) is 55.6 Å². The van der Waals surface area contributed by atoms with Gasteiger partial charge in [0.2, 0.25) is 0 Å². The lowest BCUT2D eigenvalue weighted by Crippen LogP contribution is -2.50. The van der Waals surface area contributed by atoms with Crippen molar-refractivity contribution in [2.45, 2.75) is 25.2 Å². The van der Waals surface area contributed by atoms with Crippen LogP contribution < -0.4 is 5.32 Å². The minimum Gasteiger partial charge on any atom is -0.373 e. The Morgan fingerprint density at radius 3 is 2.61 bits per heavy atom. The van der Waals surface area contributed by atoms with Gasteiger partial charge in [-0.05, 0) is 5.56 Å². The molecule has 1 aromatic heterocycles. The zero-order valence-electron chi connectivity index (χ0n) is 18.8. The number of hydrogen-bond acceptors (Lipinski definition) is 5. The smallest absolute Gasteiger partial charge is 0.194 e. The number of nitrogens with one attached hydrogen (secondary N) is 1. The van der Waals surface area contributed by atoms with Gasteiger partial charge in [0.1, 0.15) is 5.69 Å². The van der Waals surface area contributed by atoms with Crippen molar-refractivity contribution in [3.63, 3.8) is 0 Å². The molecule has 2 aromatic carbocycles. The predicted molar refractivity (Wildman–Crippen MR) is 140 cm³/mol. The fraction of sp³-hybridized carbons (Fsp3) is 0.360. The normalized spacial score (nSPS) is 20.9. The van der Waals surface area contributed by atoms with E-state index >= 15 is 0 Å². The molecule has 3 heterocycles. The van der Waals surface area contributed by atoms with E-state index < -0.39 is 0 Å². The van der Waals surface area contributed by atoms with Crippen molar-refractivity contribution in [1.82, 2.24) is 20.3 Å². The van der Waals surface area contributed by atoms with Crippen LogP contribution >= 0.6 is 24.0 Å². The minimum absolute atomic E-state index is 0. The molecule has 0 spiro atoms. The molecule has 7 nitrogen and oxygen atoms in total. The molecule has 2 aliphatic heterocycles. The quantitative estimate of drug-likeness (QED) is 0.293. The van der Waals surface area contributed by atoms with Crippen LogP contribution in [0.1, 0.15) is 11.3 Å². The first-order chi connectivity index (χ1) is 15.8. The van der Waals surface area contributed by atoms with Crippen LogP contribution in [0.25, 0.3) is 11.3 Å². The number of guanidine groups is 1. The van der Waals surface area contributed by atoms with Crippen LogP contribution in [-0.4, -0.2) is 66.4 Å². The minimum atomic E-state index is 0. The number of rotatable bonds is 5. The maximum atomic E-state index is 6.12. The molecule has 1 N–H and O–H groups in total. The number of aromatic nitrogens is 1. The van der Waals surface area contributed by atoms with Gasteiger partial charge in [-0.25, -0.2) is 0 Å². The second kappa shape index (κ2) is 11.1. The first-order valence-electron chi connectivity index (χ1n) is 11.2. The third-order valence-electron chi connectivity index (χ3n) is 6.20. The van der Waals surface area contributed by atoms with Crippen LogP contribution in [0.3, 0.4) is 0 Å². The van der Waals surface area contributed by atoms with E-state index in [0.717, 1.165) is 55.8 Å². The lowest BCUT2D eigenvalue weighted by Gasteiger charge is -2.36. The van der Waals surface area contributed by atoms with Gasteiger partial charge in [0.25, 0.3) is 0 Å². The largest absolute Gasteiger partial charge is 0.373 e. The summed E-state index contributed by atoms with van der Waals surface area (Å²) in [7, 11) is 1.82. The molecular weight excluding hydrogens is 529 g/mol. The summed E-state index contributed by atoms with van der Waals surface area (Å²) in [5, 5.41) is 7.66. The van der Waals surface area contributed by atoms with Crippen LogP contribution in [0.15, 0.2) is 76.2 Å². The first-order valence-corrected chi connectivity index (χ1v) is 11.2. The fourth-order valence-electron chi connectivity index (χ4n) is 4.58. The van der Waals surface area contributed by atoms with E-state index in [4.69, 9.17) is 9.26 Å². The molecule has 2 unspecified atom stereocenters. The number of fused-ring (bicyclic) bond motifs is 1. The summed E-state index contributed by atoms with van der Waals surface area (Å²) in [6.45, 7) is 4.97. The third kappa shape index (κ3) is 5.56. The van der Waals surface area contributed by atoms with Crippen LogP contribution in [0, 0.1) is 0 Å². The van der Waals surface area contributed by atoms with E-state index in [-0.39, 0.29) is 30.1 Å². The van der Waals surface area contributed by atoms with Gasteiger partial charge in [0, 0.05) is 44.9 Å². The SMILES string of the molecule is CN=C(NCc1cc(-c2ccccc2)on1)N1CC2OCCN(Cc3ccccc3)C2C1.I. The van der Waals surface area contributed by atoms with Crippen LogP contribution in [-0.2, 0) is 17.8 Å². The van der Waals surface area contributed by atoms with Crippen LogP contribution in [0.4, 0.5) is 0 Å². The Bertz CT molecular complexity index is 1040. The average molecular weight is 559 g/mol. The molecule has 174 valence electrons. The molecule has 0 radical (unpaired) electrons. The average Bonchev–Trinajstić information content (AvgIpc) is 3.49. The fourth-order valence-corrected chi connectivity index (χ4v) is 4.58. The van der Waals surface area contributed by atoms with Gasteiger partial charge in [-0.15, -0.1) is 24.0 Å². The first kappa shape index (κ1) is 23.7. The van der Waals surface area contributed by atoms with Crippen LogP contribution in [0.5, 0.6) is 0 Å². The molecule has 0 saturated carbocycles. The number of aliphatic imine (C=N–C) groups is 1. The molecule has 2 aliphatic rings. The van der Waals surface area contributed by atoms with E-state index in [9.17, 15) is 0 Å². The van der Waals surface area contributed by atoms with Gasteiger partial charge in [0.15, 0.2) is 11.7 Å². The number of ether oxygens (including phenoxy) is 1. The zero-order chi connectivity index (χ0) is 21.8. The highest BCUT2D eigenvalue weighted by Gasteiger charge is 2.41. The van der Waals surface area contributed by atoms with Crippen molar-refractivity contribution >= 4 is 29.9 Å². The number of hydrogen-bond donors (Lipinski definition) is 1. The Hall–Kier alpha value is -2.43. The summed E-state index contributed by atoms with van der Waals surface area (Å²) in [4.78, 5) is 9.35. The molecule has 2 saturated heterocycles. The Morgan fingerprint density at radius 1 is 1.09 bits per heavy atom. The molecule has 0 amide bonds. The van der Waals surface area contributed by atoms with Gasteiger partial charge in [-0.1, -0.05) is 65.8 Å². The molecule has 33 heavy (non-hydrogen) atoms. The topological polar surface area (TPSA) is 66.1 Å². The summed E-state index contributed by atoms with van der Waals surface area (Å²) in [5.41, 5.74) is 3.22. The van der Waals surface area contributed by atoms with Crippen molar-refractivity contribution < 1.29 is 9.26 Å². The van der Waals surface area contributed by atoms with E-state index in [1.807, 2.05) is 43.4 Å². The Kier molecular flexibility index (Phi) is 8.00. The standard InChI is InChI=1S/C25H29N5O2.HI/c1-26-25(27-15-21-14-23(32-28-21)20-10-6-3-7-11-20)30-17-22-24(18-30)31-13-12-29(22)16-19-8-4-2-5-9-19;/h2-11,14,22,24H,12-13,15-18H2,1H3,(H,26,27);1H. The van der Waals surface area contributed by atoms with E-state index in [1.165, 1.54) is 5.56 Å². The van der Waals surface area contributed by atoms with E-state index in [1.54, 1.807) is 0 Å². The number of halogens is 1. The molecule has 0 bridgehead atoms. The molecule has 2 fully saturated rings. The zero-order valence-corrected chi connectivity index (χ0v) is 21.1. The second-order valence-electron chi connectivity index (χ2n) is 8.29. The number of nitrogens with zero attached hydrogens (tertiary/aromatic N) is 4. The Balaban J connectivity index is 0.00000259. The highest BCUT2D eigenvalue weighted by molar-refractivity contribution is 14.0. The number of morpholine rings is 1. The molecule has 8 heteroatoms. The van der Waals surface area contributed by atoms with Gasteiger partial charge in [-0.2, -0.15) is 0 Å². The highest BCUT2D eigenvalue weighted by Crippen LogP contribution is 2.25. The van der Waals surface area contributed by atoms with Crippen molar-refractivity contribution in [1.29, 1.82) is 0 Å². The van der Waals surface area contributed by atoms with Crippen molar-refractivity contribution in [2.24, 2.45) is 4.99 Å². The van der Waals surface area contributed by atoms with Crippen molar-refractivity contribution in [2.75, 3.05) is 33.3 Å². The van der Waals surface area contributed by atoms with Gasteiger partial charge in [0.05, 0.1) is 25.3 Å². The number of likely N-dealkylation sites (tertiary alicyclic amines) is 1. The molecule has 2 atom stereocenters. The third-order valence-corrected chi connectivity index (χ3v) is 6.20. The second-order valence-corrected chi connectivity index (χ2v) is 8.29. The van der Waals surface area contributed by atoms with Gasteiger partial charge < -0.3 is 19.5 Å². The summed E-state index contributed by atoms with van der Waals surface area (Å²) in [5.74, 6) is 1.64. The maximum Gasteiger partial charge on any atom is 0.194 e. The number of benzene rings is 2. The Labute approximate surface area is 211 Å². The van der Waals surface area contributed by atoms with Gasteiger partial charge >= 0.3 is 0 Å². The van der Waals surface area contributed by atoms with Crippen LogP contribution in [0.2, 0.25) is 0 Å². The van der Waals surface area contributed by atoms with Crippen molar-refractivity contribution in [3.8, 4) is 11.3 Å². The molecule has 3 aromatic rings. The summed E-state index contributed by atoms with van der Waals surface area (Å²) < 4.78 is 11.6. The van der Waals surface area contributed by atoms with E-state index in [0.29, 0.717) is 12.6 Å².